The number of carbonyl (C=O) groups excluding carboxylic acids is 1. The van der Waals surface area contributed by atoms with Crippen molar-refractivity contribution in [3.8, 4) is 10.6 Å². The van der Waals surface area contributed by atoms with Gasteiger partial charge in [-0.3, -0.25) is 9.78 Å². The third-order valence-corrected chi connectivity index (χ3v) is 5.02. The van der Waals surface area contributed by atoms with Gasteiger partial charge in [0.2, 0.25) is 5.91 Å². The number of nitrogens with zero attached hydrogens (tertiary/aromatic N) is 2. The summed E-state index contributed by atoms with van der Waals surface area (Å²) in [6.07, 6.45) is 3.78. The minimum absolute atomic E-state index is 0.0338. The van der Waals surface area contributed by atoms with Crippen LogP contribution in [0.15, 0.2) is 58.6 Å². The zero-order valence-electron chi connectivity index (χ0n) is 13.1. The maximum atomic E-state index is 12.2. The van der Waals surface area contributed by atoms with E-state index in [1.165, 1.54) is 11.3 Å². The van der Waals surface area contributed by atoms with Crippen LogP contribution in [0.5, 0.6) is 0 Å². The summed E-state index contributed by atoms with van der Waals surface area (Å²) in [5, 5.41) is 5.82. The number of aromatic nitrogens is 2. The van der Waals surface area contributed by atoms with E-state index >= 15 is 0 Å². The van der Waals surface area contributed by atoms with E-state index < -0.39 is 0 Å². The van der Waals surface area contributed by atoms with Gasteiger partial charge in [0, 0.05) is 27.8 Å². The van der Waals surface area contributed by atoms with Crippen LogP contribution in [0.4, 0.5) is 0 Å². The molecule has 0 radical (unpaired) electrons. The number of carbonyl (C=O) groups is 1. The maximum absolute atomic E-state index is 12.2. The zero-order chi connectivity index (χ0) is 16.9. The SMILES string of the molecule is CC(NC(=O)Cc1csc(-c2cccnc2)n1)c1ccc(Br)cc1. The monoisotopic (exact) mass is 401 g/mol. The molecule has 1 aromatic carbocycles. The molecule has 1 amide bonds. The van der Waals surface area contributed by atoms with Gasteiger partial charge in [0.15, 0.2) is 0 Å². The molecule has 3 rings (SSSR count). The second kappa shape index (κ2) is 7.68. The van der Waals surface area contributed by atoms with Crippen LogP contribution in [-0.2, 0) is 11.2 Å². The van der Waals surface area contributed by atoms with Gasteiger partial charge in [-0.05, 0) is 36.8 Å². The van der Waals surface area contributed by atoms with Gasteiger partial charge in [-0.1, -0.05) is 28.1 Å². The molecule has 0 spiro atoms. The minimum atomic E-state index is -0.0398. The Hall–Kier alpha value is -2.05. The fraction of sp³-hybridized carbons (Fsp3) is 0.167. The van der Waals surface area contributed by atoms with Crippen LogP contribution in [0.2, 0.25) is 0 Å². The Morgan fingerprint density at radius 2 is 2.08 bits per heavy atom. The van der Waals surface area contributed by atoms with E-state index in [1.54, 1.807) is 12.4 Å². The van der Waals surface area contributed by atoms with Crippen LogP contribution in [0, 0.1) is 0 Å². The Balaban J connectivity index is 1.61. The van der Waals surface area contributed by atoms with Crippen molar-refractivity contribution in [3.63, 3.8) is 0 Å². The van der Waals surface area contributed by atoms with Crippen molar-refractivity contribution in [1.82, 2.24) is 15.3 Å². The van der Waals surface area contributed by atoms with Crippen molar-refractivity contribution in [1.29, 1.82) is 0 Å². The molecule has 3 aromatic rings. The zero-order valence-corrected chi connectivity index (χ0v) is 15.5. The second-order valence-electron chi connectivity index (χ2n) is 5.40. The van der Waals surface area contributed by atoms with E-state index in [0.717, 1.165) is 26.3 Å². The predicted octanol–water partition coefficient (Wildman–Crippen LogP) is 4.39. The molecule has 0 saturated carbocycles. The molecule has 0 aliphatic carbocycles. The molecule has 4 nitrogen and oxygen atoms in total. The van der Waals surface area contributed by atoms with Crippen molar-refractivity contribution in [2.45, 2.75) is 19.4 Å². The Labute approximate surface area is 153 Å². The number of nitrogens with one attached hydrogen (secondary N) is 1. The van der Waals surface area contributed by atoms with E-state index in [-0.39, 0.29) is 18.4 Å². The average Bonchev–Trinajstić information content (AvgIpc) is 3.04. The van der Waals surface area contributed by atoms with E-state index in [0.29, 0.717) is 0 Å². The lowest BCUT2D eigenvalue weighted by molar-refractivity contribution is -0.121. The summed E-state index contributed by atoms with van der Waals surface area (Å²) in [7, 11) is 0. The van der Waals surface area contributed by atoms with Crippen molar-refractivity contribution in [2.24, 2.45) is 0 Å². The first-order chi connectivity index (χ1) is 11.6. The van der Waals surface area contributed by atoms with Crippen LogP contribution >= 0.6 is 27.3 Å². The molecule has 0 fully saturated rings. The average molecular weight is 402 g/mol. The van der Waals surface area contributed by atoms with Crippen molar-refractivity contribution >= 4 is 33.2 Å². The molecular formula is C18H16BrN3OS. The first-order valence-electron chi connectivity index (χ1n) is 7.51. The first-order valence-corrected chi connectivity index (χ1v) is 9.19. The van der Waals surface area contributed by atoms with Gasteiger partial charge in [0.25, 0.3) is 0 Å². The van der Waals surface area contributed by atoms with Gasteiger partial charge in [-0.15, -0.1) is 11.3 Å². The molecule has 0 aliphatic heterocycles. The number of halogens is 1. The molecule has 0 aliphatic rings. The standard InChI is InChI=1S/C18H16BrN3OS/c1-12(13-4-6-15(19)7-5-13)21-17(23)9-16-11-24-18(22-16)14-3-2-8-20-10-14/h2-8,10-12H,9H2,1H3,(H,21,23). The molecule has 0 bridgehead atoms. The minimum Gasteiger partial charge on any atom is -0.349 e. The van der Waals surface area contributed by atoms with Gasteiger partial charge < -0.3 is 5.32 Å². The summed E-state index contributed by atoms with van der Waals surface area (Å²) in [4.78, 5) is 20.9. The van der Waals surface area contributed by atoms with Crippen molar-refractivity contribution in [2.75, 3.05) is 0 Å². The van der Waals surface area contributed by atoms with Gasteiger partial charge in [0.05, 0.1) is 18.2 Å². The molecule has 24 heavy (non-hydrogen) atoms. The summed E-state index contributed by atoms with van der Waals surface area (Å²) < 4.78 is 1.02. The topological polar surface area (TPSA) is 54.9 Å². The molecular weight excluding hydrogens is 386 g/mol. The third-order valence-electron chi connectivity index (χ3n) is 3.55. The summed E-state index contributed by atoms with van der Waals surface area (Å²) >= 11 is 4.94. The molecule has 6 heteroatoms. The number of rotatable bonds is 5. The summed E-state index contributed by atoms with van der Waals surface area (Å²) in [5.41, 5.74) is 2.82. The van der Waals surface area contributed by atoms with Crippen LogP contribution in [-0.4, -0.2) is 15.9 Å². The predicted molar refractivity (Wildman–Crippen MR) is 99.7 cm³/mol. The number of benzene rings is 1. The summed E-state index contributed by atoms with van der Waals surface area (Å²) in [6.45, 7) is 1.98. The molecule has 2 heterocycles. The highest BCUT2D eigenvalue weighted by molar-refractivity contribution is 9.10. The van der Waals surface area contributed by atoms with Gasteiger partial charge in [0.1, 0.15) is 5.01 Å². The number of pyridine rings is 1. The van der Waals surface area contributed by atoms with Crippen LogP contribution in [0.1, 0.15) is 24.2 Å². The lowest BCUT2D eigenvalue weighted by Crippen LogP contribution is -2.28. The molecule has 0 saturated heterocycles. The fourth-order valence-corrected chi connectivity index (χ4v) is 3.38. The third kappa shape index (κ3) is 4.27. The van der Waals surface area contributed by atoms with Gasteiger partial charge in [-0.2, -0.15) is 0 Å². The molecule has 122 valence electrons. The van der Waals surface area contributed by atoms with Crippen LogP contribution in [0.25, 0.3) is 10.6 Å². The highest BCUT2D eigenvalue weighted by Gasteiger charge is 2.12. The largest absolute Gasteiger partial charge is 0.349 e. The number of thiazole rings is 1. The van der Waals surface area contributed by atoms with E-state index in [2.05, 4.69) is 31.2 Å². The van der Waals surface area contributed by atoms with E-state index in [1.807, 2.05) is 48.7 Å². The maximum Gasteiger partial charge on any atom is 0.226 e. The Bertz CT molecular complexity index is 818. The number of hydrogen-bond acceptors (Lipinski definition) is 4. The van der Waals surface area contributed by atoms with E-state index in [9.17, 15) is 4.79 Å². The van der Waals surface area contributed by atoms with E-state index in [4.69, 9.17) is 0 Å². The summed E-state index contributed by atoms with van der Waals surface area (Å²) in [5.74, 6) is -0.0338. The lowest BCUT2D eigenvalue weighted by Gasteiger charge is -2.14. The Morgan fingerprint density at radius 1 is 1.29 bits per heavy atom. The Kier molecular flexibility index (Phi) is 5.37. The quantitative estimate of drug-likeness (QED) is 0.689. The molecule has 1 unspecified atom stereocenters. The normalized spacial score (nSPS) is 11.9. The smallest absolute Gasteiger partial charge is 0.226 e. The van der Waals surface area contributed by atoms with Crippen molar-refractivity contribution < 1.29 is 4.79 Å². The van der Waals surface area contributed by atoms with Gasteiger partial charge >= 0.3 is 0 Å². The summed E-state index contributed by atoms with van der Waals surface area (Å²) in [6, 6.07) is 11.7. The molecule has 1 N–H and O–H groups in total. The van der Waals surface area contributed by atoms with Crippen molar-refractivity contribution in [3.05, 3.63) is 69.9 Å². The van der Waals surface area contributed by atoms with Crippen LogP contribution < -0.4 is 5.32 Å². The fourth-order valence-electron chi connectivity index (χ4n) is 2.30. The second-order valence-corrected chi connectivity index (χ2v) is 7.18. The Morgan fingerprint density at radius 3 is 2.79 bits per heavy atom. The van der Waals surface area contributed by atoms with Crippen LogP contribution in [0.3, 0.4) is 0 Å². The number of amides is 1. The first kappa shape index (κ1) is 16.8. The van der Waals surface area contributed by atoms with Gasteiger partial charge in [-0.25, -0.2) is 4.98 Å². The molecule has 1 atom stereocenters. The molecule has 2 aromatic heterocycles. The highest BCUT2D eigenvalue weighted by atomic mass is 79.9. The highest BCUT2D eigenvalue weighted by Crippen LogP contribution is 2.23. The lowest BCUT2D eigenvalue weighted by atomic mass is 10.1. The number of hydrogen-bond donors (Lipinski definition) is 1.